The number of imidazole rings is 1. The molecule has 0 aliphatic heterocycles. The minimum absolute atomic E-state index is 0.238. The van der Waals surface area contributed by atoms with Crippen molar-refractivity contribution in [2.75, 3.05) is 0 Å². The lowest BCUT2D eigenvalue weighted by molar-refractivity contribution is -0.121. The number of fused-ring (bicyclic) bond motifs is 1. The van der Waals surface area contributed by atoms with Crippen molar-refractivity contribution < 1.29 is 4.79 Å². The molecule has 2 heterocycles. The highest BCUT2D eigenvalue weighted by Crippen LogP contribution is 2.12. The highest BCUT2D eigenvalue weighted by molar-refractivity contribution is 6.30. The molecule has 2 aromatic heterocycles. The first-order chi connectivity index (χ1) is 16.3. The van der Waals surface area contributed by atoms with Gasteiger partial charge < -0.3 is 9.88 Å². The normalized spacial score (nSPS) is 11.3. The topological polar surface area (TPSA) is 90.9 Å². The van der Waals surface area contributed by atoms with Crippen LogP contribution >= 0.6 is 11.6 Å². The van der Waals surface area contributed by atoms with Crippen LogP contribution in [0.1, 0.15) is 25.0 Å². The Morgan fingerprint density at radius 2 is 1.71 bits per heavy atom. The predicted molar refractivity (Wildman–Crippen MR) is 132 cm³/mol. The molecule has 0 radical (unpaired) electrons. The molecule has 1 amide bonds. The van der Waals surface area contributed by atoms with Crippen LogP contribution in [-0.4, -0.2) is 24.6 Å². The highest BCUT2D eigenvalue weighted by atomic mass is 35.5. The maximum absolute atomic E-state index is 13.4. The molecule has 0 bridgehead atoms. The van der Waals surface area contributed by atoms with Crippen molar-refractivity contribution >= 4 is 28.7 Å². The number of nitrogens with zero attached hydrogens (tertiary/aromatic N) is 4. The molecule has 34 heavy (non-hydrogen) atoms. The fraction of sp³-hybridized carbons (Fsp3) is 0.280. The van der Waals surface area contributed by atoms with Gasteiger partial charge in [0.25, 0.3) is 5.56 Å². The van der Waals surface area contributed by atoms with Crippen LogP contribution in [0.2, 0.25) is 5.02 Å². The van der Waals surface area contributed by atoms with Crippen molar-refractivity contribution in [3.8, 4) is 0 Å². The Morgan fingerprint density at radius 1 is 1.00 bits per heavy atom. The minimum Gasteiger partial charge on any atom is -0.350 e. The van der Waals surface area contributed by atoms with Gasteiger partial charge in [0.15, 0.2) is 11.2 Å². The summed E-state index contributed by atoms with van der Waals surface area (Å²) in [6.45, 7) is 4.75. The zero-order valence-electron chi connectivity index (χ0n) is 19.1. The summed E-state index contributed by atoms with van der Waals surface area (Å²) in [7, 11) is 0. The summed E-state index contributed by atoms with van der Waals surface area (Å²) in [5, 5.41) is 3.37. The number of carbonyl (C=O) groups is 1. The average molecular weight is 480 g/mol. The van der Waals surface area contributed by atoms with E-state index in [0.717, 1.165) is 15.7 Å². The second kappa shape index (κ2) is 10.1. The van der Waals surface area contributed by atoms with Gasteiger partial charge in [0, 0.05) is 18.1 Å². The van der Waals surface area contributed by atoms with Crippen molar-refractivity contribution in [2.45, 2.75) is 40.0 Å². The van der Waals surface area contributed by atoms with Crippen LogP contribution in [0.4, 0.5) is 0 Å². The van der Waals surface area contributed by atoms with Crippen LogP contribution in [-0.2, 0) is 31.0 Å². The van der Waals surface area contributed by atoms with Gasteiger partial charge in [-0.1, -0.05) is 67.9 Å². The van der Waals surface area contributed by atoms with Gasteiger partial charge in [0.2, 0.25) is 5.91 Å². The number of nitrogens with one attached hydrogen (secondary N) is 1. The summed E-state index contributed by atoms with van der Waals surface area (Å²) in [5.41, 5.74) is 1.28. The number of hydrogen-bond donors (Lipinski definition) is 1. The summed E-state index contributed by atoms with van der Waals surface area (Å²) in [5.74, 6) is -0.169. The number of aromatic nitrogens is 4. The number of halogens is 1. The third-order valence-corrected chi connectivity index (χ3v) is 5.69. The Balaban J connectivity index is 1.71. The van der Waals surface area contributed by atoms with E-state index in [1.54, 1.807) is 35.2 Å². The molecule has 0 aliphatic carbocycles. The average Bonchev–Trinajstić information content (AvgIpc) is 3.22. The first-order valence-electron chi connectivity index (χ1n) is 11.1. The third kappa shape index (κ3) is 5.12. The van der Waals surface area contributed by atoms with E-state index in [9.17, 15) is 14.4 Å². The Morgan fingerprint density at radius 3 is 2.38 bits per heavy atom. The lowest BCUT2D eigenvalue weighted by Crippen LogP contribution is -2.44. The molecule has 0 aliphatic rings. The molecule has 0 atom stereocenters. The van der Waals surface area contributed by atoms with E-state index >= 15 is 0 Å². The molecular weight excluding hydrogens is 454 g/mol. The lowest BCUT2D eigenvalue weighted by Gasteiger charge is -2.13. The monoisotopic (exact) mass is 479 g/mol. The first-order valence-corrected chi connectivity index (χ1v) is 11.4. The van der Waals surface area contributed by atoms with E-state index in [-0.39, 0.29) is 25.6 Å². The van der Waals surface area contributed by atoms with Crippen molar-refractivity contribution in [3.63, 3.8) is 0 Å². The maximum atomic E-state index is 13.4. The van der Waals surface area contributed by atoms with E-state index in [1.807, 2.05) is 44.2 Å². The maximum Gasteiger partial charge on any atom is 0.333 e. The molecule has 0 unspecified atom stereocenters. The summed E-state index contributed by atoms with van der Waals surface area (Å²) >= 11 is 5.90. The lowest BCUT2D eigenvalue weighted by atomic mass is 10.2. The van der Waals surface area contributed by atoms with Crippen molar-refractivity contribution in [1.29, 1.82) is 0 Å². The van der Waals surface area contributed by atoms with Crippen molar-refractivity contribution in [2.24, 2.45) is 5.92 Å². The Hall–Kier alpha value is -3.65. The zero-order valence-corrected chi connectivity index (χ0v) is 19.8. The van der Waals surface area contributed by atoms with Gasteiger partial charge in [-0.25, -0.2) is 14.3 Å². The van der Waals surface area contributed by atoms with E-state index < -0.39 is 17.2 Å². The number of carbonyl (C=O) groups excluding carboxylic acids is 1. The molecule has 8 nitrogen and oxygen atoms in total. The first kappa shape index (κ1) is 23.5. The zero-order chi connectivity index (χ0) is 24.2. The standard InChI is InChI=1S/C25H26ClN5O3/c1-17(2)13-29-16-28-23-22(29)24(33)31(25(34)30(23)14-19-6-4-3-5-7-19)15-21(32)27-12-18-8-10-20(26)11-9-18/h3-11,16-17H,12-15H2,1-2H3,(H,27,32). The van der Waals surface area contributed by atoms with Crippen molar-refractivity contribution in [1.82, 2.24) is 24.0 Å². The van der Waals surface area contributed by atoms with Crippen LogP contribution in [0.25, 0.3) is 11.2 Å². The second-order valence-electron chi connectivity index (χ2n) is 8.61. The molecule has 9 heteroatoms. The Labute approximate surface area is 201 Å². The highest BCUT2D eigenvalue weighted by Gasteiger charge is 2.20. The molecule has 2 aromatic carbocycles. The number of rotatable bonds is 8. The summed E-state index contributed by atoms with van der Waals surface area (Å²) in [6, 6.07) is 16.5. The smallest absolute Gasteiger partial charge is 0.333 e. The van der Waals surface area contributed by atoms with Gasteiger partial charge in [0.1, 0.15) is 6.54 Å². The quantitative estimate of drug-likeness (QED) is 0.420. The van der Waals surface area contributed by atoms with E-state index in [2.05, 4.69) is 10.3 Å². The molecule has 176 valence electrons. The van der Waals surface area contributed by atoms with Crippen LogP contribution in [0.3, 0.4) is 0 Å². The molecule has 0 spiro atoms. The number of hydrogen-bond acceptors (Lipinski definition) is 4. The molecule has 0 saturated heterocycles. The predicted octanol–water partition coefficient (Wildman–Crippen LogP) is 3.03. The number of benzene rings is 2. The SMILES string of the molecule is CC(C)Cn1cnc2c1c(=O)n(CC(=O)NCc1ccc(Cl)cc1)c(=O)n2Cc1ccccc1. The van der Waals surface area contributed by atoms with E-state index in [4.69, 9.17) is 11.6 Å². The van der Waals surface area contributed by atoms with Crippen LogP contribution in [0.5, 0.6) is 0 Å². The van der Waals surface area contributed by atoms with E-state index in [1.165, 1.54) is 4.57 Å². The minimum atomic E-state index is -0.571. The van der Waals surface area contributed by atoms with Gasteiger partial charge >= 0.3 is 5.69 Å². The fourth-order valence-corrected chi connectivity index (χ4v) is 3.95. The second-order valence-corrected chi connectivity index (χ2v) is 9.05. The van der Waals surface area contributed by atoms with E-state index in [0.29, 0.717) is 22.7 Å². The molecule has 0 fully saturated rings. The summed E-state index contributed by atoms with van der Waals surface area (Å²) in [6.07, 6.45) is 1.58. The van der Waals surface area contributed by atoms with Crippen LogP contribution in [0, 0.1) is 5.92 Å². The van der Waals surface area contributed by atoms with Crippen LogP contribution in [0.15, 0.2) is 70.5 Å². The molecule has 1 N–H and O–H groups in total. The fourth-order valence-electron chi connectivity index (χ4n) is 3.82. The Kier molecular flexibility index (Phi) is 6.98. The van der Waals surface area contributed by atoms with Gasteiger partial charge in [-0.05, 0) is 29.2 Å². The number of amides is 1. The van der Waals surface area contributed by atoms with Crippen LogP contribution < -0.4 is 16.6 Å². The van der Waals surface area contributed by atoms with Gasteiger partial charge in [-0.3, -0.25) is 14.2 Å². The largest absolute Gasteiger partial charge is 0.350 e. The molecule has 4 rings (SSSR count). The molecule has 4 aromatic rings. The molecule has 0 saturated carbocycles. The van der Waals surface area contributed by atoms with Crippen molar-refractivity contribution in [3.05, 3.63) is 97.9 Å². The Bertz CT molecular complexity index is 1420. The van der Waals surface area contributed by atoms with Gasteiger partial charge in [-0.2, -0.15) is 0 Å². The summed E-state index contributed by atoms with van der Waals surface area (Å²) in [4.78, 5) is 43.8. The molecular formula is C25H26ClN5O3. The van der Waals surface area contributed by atoms with Gasteiger partial charge in [-0.15, -0.1) is 0 Å². The van der Waals surface area contributed by atoms with Gasteiger partial charge in [0.05, 0.1) is 12.9 Å². The summed E-state index contributed by atoms with van der Waals surface area (Å²) < 4.78 is 4.20. The third-order valence-electron chi connectivity index (χ3n) is 5.43.